The molecule has 28 heavy (non-hydrogen) atoms. The topological polar surface area (TPSA) is 34.0 Å². The number of nitrogens with zero attached hydrogens (tertiary/aromatic N) is 1. The fraction of sp³-hybridized carbons (Fsp3) is 0.348. The van der Waals surface area contributed by atoms with Gasteiger partial charge in [0.2, 0.25) is 0 Å². The van der Waals surface area contributed by atoms with Crippen molar-refractivity contribution in [3.63, 3.8) is 0 Å². The Bertz CT molecular complexity index is 976. The van der Waals surface area contributed by atoms with E-state index in [-0.39, 0.29) is 11.7 Å². The molecule has 0 aliphatic heterocycles. The van der Waals surface area contributed by atoms with Gasteiger partial charge in [0.25, 0.3) is 5.91 Å². The number of aryl methyl sites for hydroxylation is 1. The SMILES string of the molecule is CCCCCn1cc(C(=O)NC(C)(C)c2ccc(Cl)cc2)c2cc(F)ccc21. The van der Waals surface area contributed by atoms with Crippen LogP contribution in [0.25, 0.3) is 10.9 Å². The number of carbonyl (C=O) groups is 1. The summed E-state index contributed by atoms with van der Waals surface area (Å²) in [5.41, 5.74) is 1.73. The number of aromatic nitrogens is 1. The molecule has 1 heterocycles. The Kier molecular flexibility index (Phi) is 6.09. The van der Waals surface area contributed by atoms with Crippen molar-refractivity contribution in [2.45, 2.75) is 52.1 Å². The Morgan fingerprint density at radius 3 is 2.54 bits per heavy atom. The molecule has 3 nitrogen and oxygen atoms in total. The number of hydrogen-bond acceptors (Lipinski definition) is 1. The first-order chi connectivity index (χ1) is 13.3. The van der Waals surface area contributed by atoms with Gasteiger partial charge in [-0.2, -0.15) is 0 Å². The van der Waals surface area contributed by atoms with E-state index in [0.29, 0.717) is 16.0 Å². The largest absolute Gasteiger partial charge is 0.347 e. The summed E-state index contributed by atoms with van der Waals surface area (Å²) in [5.74, 6) is -0.561. The van der Waals surface area contributed by atoms with Crippen molar-refractivity contribution in [3.05, 3.63) is 70.6 Å². The van der Waals surface area contributed by atoms with Gasteiger partial charge in [0.05, 0.1) is 11.1 Å². The maximum absolute atomic E-state index is 13.9. The normalized spacial score (nSPS) is 11.8. The average molecular weight is 401 g/mol. The number of nitrogens with one attached hydrogen (secondary N) is 1. The van der Waals surface area contributed by atoms with E-state index in [1.54, 1.807) is 18.2 Å². The molecule has 1 aromatic heterocycles. The van der Waals surface area contributed by atoms with Gasteiger partial charge in [0.15, 0.2) is 0 Å². The summed E-state index contributed by atoms with van der Waals surface area (Å²) in [6.07, 6.45) is 5.10. The Balaban J connectivity index is 1.92. The van der Waals surface area contributed by atoms with Crippen molar-refractivity contribution in [1.29, 1.82) is 0 Å². The molecule has 0 fully saturated rings. The minimum absolute atomic E-state index is 0.218. The summed E-state index contributed by atoms with van der Waals surface area (Å²) in [5, 5.41) is 4.37. The van der Waals surface area contributed by atoms with Crippen LogP contribution in [-0.2, 0) is 12.1 Å². The van der Waals surface area contributed by atoms with Gasteiger partial charge >= 0.3 is 0 Å². The molecule has 1 N–H and O–H groups in total. The van der Waals surface area contributed by atoms with Gasteiger partial charge in [-0.1, -0.05) is 43.5 Å². The lowest BCUT2D eigenvalue weighted by molar-refractivity contribution is 0.0913. The quantitative estimate of drug-likeness (QED) is 0.464. The van der Waals surface area contributed by atoms with Crippen LogP contribution in [-0.4, -0.2) is 10.5 Å². The molecule has 1 amide bonds. The van der Waals surface area contributed by atoms with Crippen LogP contribution in [0.3, 0.4) is 0 Å². The number of carbonyl (C=O) groups excluding carboxylic acids is 1. The van der Waals surface area contributed by atoms with Gasteiger partial charge in [-0.15, -0.1) is 0 Å². The number of hydrogen-bond donors (Lipinski definition) is 1. The zero-order chi connectivity index (χ0) is 20.3. The summed E-state index contributed by atoms with van der Waals surface area (Å²) in [7, 11) is 0. The number of rotatable bonds is 7. The van der Waals surface area contributed by atoms with E-state index in [2.05, 4.69) is 16.8 Å². The number of halogens is 2. The predicted octanol–water partition coefficient (Wildman–Crippen LogP) is 6.29. The van der Waals surface area contributed by atoms with Crippen LogP contribution in [0.15, 0.2) is 48.7 Å². The van der Waals surface area contributed by atoms with Crippen LogP contribution in [0.1, 0.15) is 56.0 Å². The van der Waals surface area contributed by atoms with E-state index >= 15 is 0 Å². The molecule has 0 atom stereocenters. The molecule has 148 valence electrons. The van der Waals surface area contributed by atoms with Gasteiger partial charge in [-0.05, 0) is 56.2 Å². The Morgan fingerprint density at radius 2 is 1.86 bits per heavy atom. The minimum Gasteiger partial charge on any atom is -0.347 e. The van der Waals surface area contributed by atoms with Gasteiger partial charge in [0.1, 0.15) is 5.82 Å². The third-order valence-corrected chi connectivity index (χ3v) is 5.33. The zero-order valence-electron chi connectivity index (χ0n) is 16.6. The fourth-order valence-electron chi connectivity index (χ4n) is 3.46. The second-order valence-corrected chi connectivity index (χ2v) is 8.13. The van der Waals surface area contributed by atoms with E-state index in [4.69, 9.17) is 11.6 Å². The van der Waals surface area contributed by atoms with Gasteiger partial charge in [0, 0.05) is 28.7 Å². The van der Waals surface area contributed by atoms with Crippen molar-refractivity contribution in [2.24, 2.45) is 0 Å². The van der Waals surface area contributed by atoms with Crippen molar-refractivity contribution < 1.29 is 9.18 Å². The van der Waals surface area contributed by atoms with E-state index in [9.17, 15) is 9.18 Å². The van der Waals surface area contributed by atoms with Crippen LogP contribution < -0.4 is 5.32 Å². The first kappa shape index (κ1) is 20.4. The molecular formula is C23H26ClFN2O. The monoisotopic (exact) mass is 400 g/mol. The predicted molar refractivity (Wildman–Crippen MR) is 113 cm³/mol. The lowest BCUT2D eigenvalue weighted by Crippen LogP contribution is -2.40. The number of benzene rings is 2. The maximum atomic E-state index is 13.9. The Labute approximate surface area is 170 Å². The average Bonchev–Trinajstić information content (AvgIpc) is 3.00. The third-order valence-electron chi connectivity index (χ3n) is 5.08. The highest BCUT2D eigenvalue weighted by Crippen LogP contribution is 2.26. The molecule has 0 aliphatic rings. The van der Waals surface area contributed by atoms with Crippen molar-refractivity contribution >= 4 is 28.4 Å². The maximum Gasteiger partial charge on any atom is 0.254 e. The molecule has 3 aromatic rings. The fourth-order valence-corrected chi connectivity index (χ4v) is 3.58. The number of amides is 1. The van der Waals surface area contributed by atoms with Crippen molar-refractivity contribution in [2.75, 3.05) is 0 Å². The van der Waals surface area contributed by atoms with E-state index in [1.807, 2.05) is 32.2 Å². The smallest absolute Gasteiger partial charge is 0.254 e. The lowest BCUT2D eigenvalue weighted by Gasteiger charge is -2.27. The summed E-state index contributed by atoms with van der Waals surface area (Å²) >= 11 is 5.97. The van der Waals surface area contributed by atoms with Gasteiger partial charge in [-0.25, -0.2) is 4.39 Å². The summed E-state index contributed by atoms with van der Waals surface area (Å²) in [6, 6.07) is 12.0. The van der Waals surface area contributed by atoms with Crippen LogP contribution in [0.5, 0.6) is 0 Å². The molecule has 5 heteroatoms. The van der Waals surface area contributed by atoms with Crippen LogP contribution in [0.2, 0.25) is 5.02 Å². The first-order valence-electron chi connectivity index (χ1n) is 9.69. The van der Waals surface area contributed by atoms with Crippen LogP contribution in [0.4, 0.5) is 4.39 Å². The second kappa shape index (κ2) is 8.36. The molecule has 0 bridgehead atoms. The van der Waals surface area contributed by atoms with E-state index in [0.717, 1.165) is 36.9 Å². The minimum atomic E-state index is -0.592. The lowest BCUT2D eigenvalue weighted by atomic mass is 9.94. The van der Waals surface area contributed by atoms with E-state index in [1.165, 1.54) is 12.1 Å². The summed E-state index contributed by atoms with van der Waals surface area (Å²) < 4.78 is 15.9. The zero-order valence-corrected chi connectivity index (χ0v) is 17.3. The van der Waals surface area contributed by atoms with Gasteiger partial charge in [-0.3, -0.25) is 4.79 Å². The highest BCUT2D eigenvalue weighted by atomic mass is 35.5. The molecule has 0 saturated heterocycles. The first-order valence-corrected chi connectivity index (χ1v) is 10.1. The molecule has 0 aliphatic carbocycles. The van der Waals surface area contributed by atoms with Gasteiger partial charge < -0.3 is 9.88 Å². The molecule has 0 unspecified atom stereocenters. The van der Waals surface area contributed by atoms with Crippen LogP contribution in [0, 0.1) is 5.82 Å². The standard InChI is InChI=1S/C23H26ClFN2O/c1-4-5-6-13-27-15-20(19-14-18(25)11-12-21(19)27)22(28)26-23(2,3)16-7-9-17(24)10-8-16/h7-12,14-15H,4-6,13H2,1-3H3,(H,26,28). The molecule has 0 spiro atoms. The molecule has 0 saturated carbocycles. The molecule has 0 radical (unpaired) electrons. The third kappa shape index (κ3) is 4.39. The summed E-state index contributed by atoms with van der Waals surface area (Å²) in [4.78, 5) is 13.1. The number of unbranched alkanes of at least 4 members (excludes halogenated alkanes) is 2. The van der Waals surface area contributed by atoms with E-state index < -0.39 is 5.54 Å². The number of fused-ring (bicyclic) bond motifs is 1. The molecular weight excluding hydrogens is 375 g/mol. The second-order valence-electron chi connectivity index (χ2n) is 7.69. The van der Waals surface area contributed by atoms with Crippen molar-refractivity contribution in [1.82, 2.24) is 9.88 Å². The van der Waals surface area contributed by atoms with Crippen LogP contribution >= 0.6 is 11.6 Å². The molecule has 2 aromatic carbocycles. The highest BCUT2D eigenvalue weighted by Gasteiger charge is 2.25. The van der Waals surface area contributed by atoms with Crippen molar-refractivity contribution in [3.8, 4) is 0 Å². The Hall–Kier alpha value is -2.33. The molecule has 3 rings (SSSR count). The summed E-state index contributed by atoms with van der Waals surface area (Å²) in [6.45, 7) is 6.84. The Morgan fingerprint density at radius 1 is 1.14 bits per heavy atom. The highest BCUT2D eigenvalue weighted by molar-refractivity contribution is 6.30.